The molecule has 1 saturated heterocycles. The SMILES string of the molecule is COC(=O)c1ccccc1S(=O)(=O)N1CCC(C(=O)NCc2ccc(N(C)C)cc2)CC1. The third-order valence-electron chi connectivity index (χ3n) is 5.65. The second kappa shape index (κ2) is 10.1. The molecule has 3 rings (SSSR count). The number of benzene rings is 2. The van der Waals surface area contributed by atoms with Crippen LogP contribution in [0.3, 0.4) is 0 Å². The molecule has 1 fully saturated rings. The lowest BCUT2D eigenvalue weighted by atomic mass is 9.97. The van der Waals surface area contributed by atoms with Crippen molar-refractivity contribution in [1.82, 2.24) is 9.62 Å². The van der Waals surface area contributed by atoms with Crippen molar-refractivity contribution in [2.24, 2.45) is 5.92 Å². The van der Waals surface area contributed by atoms with E-state index < -0.39 is 16.0 Å². The topological polar surface area (TPSA) is 96.0 Å². The zero-order valence-electron chi connectivity index (χ0n) is 18.6. The summed E-state index contributed by atoms with van der Waals surface area (Å²) in [4.78, 5) is 26.5. The fourth-order valence-electron chi connectivity index (χ4n) is 3.71. The molecule has 9 heteroatoms. The standard InChI is InChI=1S/C23H29N3O5S/c1-25(2)19-10-8-17(9-11-19)16-24-22(27)18-12-14-26(15-13-18)32(29,30)21-7-5-4-6-20(21)23(28)31-3/h4-11,18H,12-16H2,1-3H3,(H,24,27). The lowest BCUT2D eigenvalue weighted by molar-refractivity contribution is -0.126. The molecule has 0 radical (unpaired) electrons. The van der Waals surface area contributed by atoms with Gasteiger partial charge in [0, 0.05) is 45.3 Å². The highest BCUT2D eigenvalue weighted by molar-refractivity contribution is 7.89. The van der Waals surface area contributed by atoms with Gasteiger partial charge in [0.1, 0.15) is 0 Å². The molecule has 32 heavy (non-hydrogen) atoms. The predicted molar refractivity (Wildman–Crippen MR) is 122 cm³/mol. The van der Waals surface area contributed by atoms with Crippen LogP contribution in [-0.4, -0.2) is 58.9 Å². The van der Waals surface area contributed by atoms with Gasteiger partial charge in [-0.2, -0.15) is 4.31 Å². The van der Waals surface area contributed by atoms with E-state index >= 15 is 0 Å². The van der Waals surface area contributed by atoms with Crippen LogP contribution in [0.5, 0.6) is 0 Å². The molecule has 0 aromatic heterocycles. The molecule has 2 aromatic carbocycles. The van der Waals surface area contributed by atoms with Gasteiger partial charge in [-0.1, -0.05) is 24.3 Å². The maximum absolute atomic E-state index is 13.1. The van der Waals surface area contributed by atoms with Gasteiger partial charge >= 0.3 is 5.97 Å². The van der Waals surface area contributed by atoms with Gasteiger partial charge in [-0.05, 0) is 42.7 Å². The van der Waals surface area contributed by atoms with Gasteiger partial charge < -0.3 is 15.0 Å². The second-order valence-electron chi connectivity index (χ2n) is 7.94. The number of carbonyl (C=O) groups excluding carboxylic acids is 2. The van der Waals surface area contributed by atoms with Gasteiger partial charge in [0.05, 0.1) is 17.6 Å². The molecule has 1 N–H and O–H groups in total. The Morgan fingerprint density at radius 1 is 1.06 bits per heavy atom. The maximum atomic E-state index is 13.1. The number of ether oxygens (including phenoxy) is 1. The zero-order chi connectivity index (χ0) is 23.3. The number of sulfonamides is 1. The molecule has 1 aliphatic rings. The van der Waals surface area contributed by atoms with Crippen LogP contribution in [0.4, 0.5) is 5.69 Å². The third-order valence-corrected chi connectivity index (χ3v) is 7.61. The number of nitrogens with zero attached hydrogens (tertiary/aromatic N) is 2. The van der Waals surface area contributed by atoms with Crippen molar-refractivity contribution >= 4 is 27.6 Å². The zero-order valence-corrected chi connectivity index (χ0v) is 19.4. The smallest absolute Gasteiger partial charge is 0.339 e. The molecule has 172 valence electrons. The van der Waals surface area contributed by atoms with Crippen molar-refractivity contribution < 1.29 is 22.7 Å². The molecule has 1 aliphatic heterocycles. The van der Waals surface area contributed by atoms with E-state index in [1.807, 2.05) is 43.3 Å². The Bertz CT molecular complexity index is 1060. The van der Waals surface area contributed by atoms with Crippen molar-refractivity contribution in [3.05, 3.63) is 59.7 Å². The van der Waals surface area contributed by atoms with Crippen LogP contribution in [0.2, 0.25) is 0 Å². The average molecular weight is 460 g/mol. The van der Waals surface area contributed by atoms with Crippen LogP contribution >= 0.6 is 0 Å². The first-order valence-electron chi connectivity index (χ1n) is 10.5. The summed E-state index contributed by atoms with van der Waals surface area (Å²) in [6.07, 6.45) is 0.843. The van der Waals surface area contributed by atoms with Crippen molar-refractivity contribution in [3.8, 4) is 0 Å². The fourth-order valence-corrected chi connectivity index (χ4v) is 5.36. The van der Waals surface area contributed by atoms with Crippen LogP contribution in [0.1, 0.15) is 28.8 Å². The van der Waals surface area contributed by atoms with E-state index in [-0.39, 0.29) is 35.4 Å². The Hall–Kier alpha value is -2.91. The van der Waals surface area contributed by atoms with Crippen LogP contribution in [0.15, 0.2) is 53.4 Å². The summed E-state index contributed by atoms with van der Waals surface area (Å²) in [5, 5.41) is 2.95. The second-order valence-corrected chi connectivity index (χ2v) is 9.85. The van der Waals surface area contributed by atoms with Gasteiger partial charge in [0.15, 0.2) is 0 Å². The Labute approximate surface area is 189 Å². The van der Waals surface area contributed by atoms with Crippen LogP contribution in [0, 0.1) is 5.92 Å². The minimum absolute atomic E-state index is 0.00940. The summed E-state index contributed by atoms with van der Waals surface area (Å²) in [6.45, 7) is 0.860. The monoisotopic (exact) mass is 459 g/mol. The summed E-state index contributed by atoms with van der Waals surface area (Å²) in [5.74, 6) is -1.02. The number of hydrogen-bond donors (Lipinski definition) is 1. The van der Waals surface area contributed by atoms with Crippen molar-refractivity contribution in [1.29, 1.82) is 0 Å². The molecular formula is C23H29N3O5S. The van der Waals surface area contributed by atoms with Crippen LogP contribution in [-0.2, 0) is 26.1 Å². The number of piperidine rings is 1. The van der Waals surface area contributed by atoms with E-state index in [9.17, 15) is 18.0 Å². The molecule has 0 spiro atoms. The van der Waals surface area contributed by atoms with Crippen LogP contribution in [0.25, 0.3) is 0 Å². The Kier molecular flexibility index (Phi) is 7.52. The van der Waals surface area contributed by atoms with Crippen molar-refractivity contribution in [2.75, 3.05) is 39.2 Å². The first-order valence-corrected chi connectivity index (χ1v) is 11.9. The first kappa shape index (κ1) is 23.7. The number of rotatable bonds is 7. The molecule has 0 aliphatic carbocycles. The van der Waals surface area contributed by atoms with E-state index in [1.54, 1.807) is 12.1 Å². The van der Waals surface area contributed by atoms with Gasteiger partial charge in [0.25, 0.3) is 0 Å². The highest BCUT2D eigenvalue weighted by atomic mass is 32.2. The summed E-state index contributed by atoms with van der Waals surface area (Å²) < 4.78 is 32.3. The van der Waals surface area contributed by atoms with E-state index in [2.05, 4.69) is 5.32 Å². The third kappa shape index (κ3) is 5.28. The number of nitrogens with one attached hydrogen (secondary N) is 1. The quantitative estimate of drug-likeness (QED) is 0.638. The highest BCUT2D eigenvalue weighted by Gasteiger charge is 2.34. The van der Waals surface area contributed by atoms with E-state index in [1.165, 1.54) is 23.5 Å². The summed E-state index contributed by atoms with van der Waals surface area (Å²) in [7, 11) is 1.29. The van der Waals surface area contributed by atoms with Gasteiger partial charge in [-0.3, -0.25) is 4.79 Å². The molecule has 8 nitrogen and oxygen atoms in total. The number of carbonyl (C=O) groups is 2. The molecule has 0 atom stereocenters. The lowest BCUT2D eigenvalue weighted by Gasteiger charge is -2.31. The molecule has 0 unspecified atom stereocenters. The van der Waals surface area contributed by atoms with E-state index in [0.717, 1.165) is 11.3 Å². The highest BCUT2D eigenvalue weighted by Crippen LogP contribution is 2.26. The van der Waals surface area contributed by atoms with E-state index in [0.29, 0.717) is 19.4 Å². The number of amides is 1. The minimum Gasteiger partial charge on any atom is -0.465 e. The number of esters is 1. The number of methoxy groups -OCH3 is 1. The normalized spacial score (nSPS) is 15.2. The summed E-state index contributed by atoms with van der Waals surface area (Å²) >= 11 is 0. The summed E-state index contributed by atoms with van der Waals surface area (Å²) in [5.41, 5.74) is 2.10. The minimum atomic E-state index is -3.87. The first-order chi connectivity index (χ1) is 15.2. The van der Waals surface area contributed by atoms with Crippen LogP contribution < -0.4 is 10.2 Å². The number of hydrogen-bond acceptors (Lipinski definition) is 6. The maximum Gasteiger partial charge on any atom is 0.339 e. The van der Waals surface area contributed by atoms with Crippen molar-refractivity contribution in [2.45, 2.75) is 24.3 Å². The molecule has 2 aromatic rings. The van der Waals surface area contributed by atoms with E-state index in [4.69, 9.17) is 4.74 Å². The number of anilines is 1. The van der Waals surface area contributed by atoms with Gasteiger partial charge in [0.2, 0.25) is 15.9 Å². The summed E-state index contributed by atoms with van der Waals surface area (Å²) in [6, 6.07) is 14.0. The van der Waals surface area contributed by atoms with Gasteiger partial charge in [-0.15, -0.1) is 0 Å². The van der Waals surface area contributed by atoms with Gasteiger partial charge in [-0.25, -0.2) is 13.2 Å². The Morgan fingerprint density at radius 3 is 2.28 bits per heavy atom. The average Bonchev–Trinajstić information content (AvgIpc) is 2.82. The molecule has 0 bridgehead atoms. The lowest BCUT2D eigenvalue weighted by Crippen LogP contribution is -2.43. The molecule has 1 heterocycles. The Balaban J connectivity index is 1.58. The molecule has 1 amide bonds. The fraction of sp³-hybridized carbons (Fsp3) is 0.391. The molecular weight excluding hydrogens is 430 g/mol. The van der Waals surface area contributed by atoms with Crippen molar-refractivity contribution in [3.63, 3.8) is 0 Å². The largest absolute Gasteiger partial charge is 0.465 e. The predicted octanol–water partition coefficient (Wildman–Crippen LogP) is 2.26. The Morgan fingerprint density at radius 2 is 1.69 bits per heavy atom. The molecule has 0 saturated carbocycles.